The molecule has 14 heavy (non-hydrogen) atoms. The van der Waals surface area contributed by atoms with E-state index < -0.39 is 0 Å². The number of nitrogens with zero attached hydrogens (tertiary/aromatic N) is 1. The van der Waals surface area contributed by atoms with Gasteiger partial charge in [-0.2, -0.15) is 11.8 Å². The van der Waals surface area contributed by atoms with Crippen molar-refractivity contribution in [2.45, 2.75) is 39.9 Å². The molecule has 1 fully saturated rings. The molecule has 0 saturated carbocycles. The highest BCUT2D eigenvalue weighted by molar-refractivity contribution is 8.00. The maximum absolute atomic E-state index is 2.58. The predicted molar refractivity (Wildman–Crippen MR) is 67.0 cm³/mol. The van der Waals surface area contributed by atoms with Gasteiger partial charge in [-0.1, -0.05) is 34.6 Å². The van der Waals surface area contributed by atoms with Crippen molar-refractivity contribution in [3.63, 3.8) is 0 Å². The van der Waals surface area contributed by atoms with Gasteiger partial charge in [0.15, 0.2) is 0 Å². The highest BCUT2D eigenvalue weighted by Gasteiger charge is 2.29. The fourth-order valence-electron chi connectivity index (χ4n) is 1.76. The SMILES string of the molecule is CC(C)CSC1CN(CC(C)(C)C)C1. The minimum Gasteiger partial charge on any atom is -0.301 e. The van der Waals surface area contributed by atoms with Crippen molar-refractivity contribution in [2.24, 2.45) is 11.3 Å². The third-order valence-corrected chi connectivity index (χ3v) is 3.92. The van der Waals surface area contributed by atoms with Crippen LogP contribution < -0.4 is 0 Å². The third-order valence-electron chi connectivity index (χ3n) is 2.29. The first-order chi connectivity index (χ1) is 6.37. The van der Waals surface area contributed by atoms with Crippen LogP contribution >= 0.6 is 11.8 Å². The Bertz CT molecular complexity index is 166. The Balaban J connectivity index is 2.06. The predicted octanol–water partition coefficient (Wildman–Crippen LogP) is 3.11. The van der Waals surface area contributed by atoms with Crippen LogP contribution in [0.2, 0.25) is 0 Å². The second-order valence-electron chi connectivity index (χ2n) is 6.10. The van der Waals surface area contributed by atoms with Crippen LogP contribution in [0, 0.1) is 11.3 Å². The van der Waals surface area contributed by atoms with Crippen LogP contribution in [0.15, 0.2) is 0 Å². The Labute approximate surface area is 93.6 Å². The molecule has 1 aliphatic rings. The van der Waals surface area contributed by atoms with E-state index in [4.69, 9.17) is 0 Å². The number of hydrogen-bond acceptors (Lipinski definition) is 2. The summed E-state index contributed by atoms with van der Waals surface area (Å²) in [5.74, 6) is 2.17. The molecule has 0 aromatic carbocycles. The van der Waals surface area contributed by atoms with Gasteiger partial charge in [0.05, 0.1) is 0 Å². The van der Waals surface area contributed by atoms with Gasteiger partial charge in [-0.15, -0.1) is 0 Å². The molecular formula is C12H25NS. The molecule has 0 unspecified atom stereocenters. The second kappa shape index (κ2) is 4.89. The van der Waals surface area contributed by atoms with Crippen LogP contribution in [0.25, 0.3) is 0 Å². The molecule has 0 bridgehead atoms. The van der Waals surface area contributed by atoms with Gasteiger partial charge < -0.3 is 4.90 Å². The zero-order valence-corrected chi connectivity index (χ0v) is 11.2. The van der Waals surface area contributed by atoms with Crippen molar-refractivity contribution >= 4 is 11.8 Å². The molecule has 0 amide bonds. The van der Waals surface area contributed by atoms with Crippen molar-refractivity contribution in [2.75, 3.05) is 25.4 Å². The summed E-state index contributed by atoms with van der Waals surface area (Å²) in [7, 11) is 0. The summed E-state index contributed by atoms with van der Waals surface area (Å²) >= 11 is 2.16. The Morgan fingerprint density at radius 1 is 1.29 bits per heavy atom. The number of hydrogen-bond donors (Lipinski definition) is 0. The first-order valence-corrected chi connectivity index (χ1v) is 6.75. The zero-order chi connectivity index (χ0) is 10.8. The average molecular weight is 215 g/mol. The average Bonchev–Trinajstić information content (AvgIpc) is 1.90. The van der Waals surface area contributed by atoms with Crippen LogP contribution in [0.5, 0.6) is 0 Å². The molecule has 0 N–H and O–H groups in total. The normalized spacial score (nSPS) is 20.1. The lowest BCUT2D eigenvalue weighted by molar-refractivity contribution is 0.132. The molecule has 0 radical (unpaired) electrons. The minimum absolute atomic E-state index is 0.466. The lowest BCUT2D eigenvalue weighted by Gasteiger charge is -2.42. The van der Waals surface area contributed by atoms with Crippen LogP contribution in [-0.4, -0.2) is 35.5 Å². The Kier molecular flexibility index (Phi) is 4.32. The van der Waals surface area contributed by atoms with Crippen LogP contribution in [0.1, 0.15) is 34.6 Å². The molecule has 2 heteroatoms. The van der Waals surface area contributed by atoms with E-state index in [-0.39, 0.29) is 0 Å². The lowest BCUT2D eigenvalue weighted by atomic mass is 9.94. The van der Waals surface area contributed by atoms with Gasteiger partial charge in [0, 0.05) is 24.9 Å². The largest absolute Gasteiger partial charge is 0.301 e. The Morgan fingerprint density at radius 2 is 1.86 bits per heavy atom. The number of rotatable bonds is 4. The van der Waals surface area contributed by atoms with Gasteiger partial charge in [-0.05, 0) is 17.1 Å². The molecule has 1 saturated heterocycles. The summed E-state index contributed by atoms with van der Waals surface area (Å²) < 4.78 is 0. The number of likely N-dealkylation sites (tertiary alicyclic amines) is 1. The van der Waals surface area contributed by atoms with Crippen molar-refractivity contribution in [3.05, 3.63) is 0 Å². The fraction of sp³-hybridized carbons (Fsp3) is 1.00. The standard InChI is InChI=1S/C12H25NS/c1-10(2)8-14-11-6-13(7-11)9-12(3,4)5/h10-11H,6-9H2,1-5H3. The molecule has 0 aliphatic carbocycles. The third kappa shape index (κ3) is 4.70. The molecule has 0 atom stereocenters. The van der Waals surface area contributed by atoms with Crippen LogP contribution in [0.3, 0.4) is 0 Å². The second-order valence-corrected chi connectivity index (χ2v) is 7.44. The van der Waals surface area contributed by atoms with Gasteiger partial charge >= 0.3 is 0 Å². The molecule has 1 nitrogen and oxygen atoms in total. The fourth-order valence-corrected chi connectivity index (χ4v) is 3.05. The monoisotopic (exact) mass is 215 g/mol. The highest BCUT2D eigenvalue weighted by Crippen LogP contribution is 2.27. The molecular weight excluding hydrogens is 190 g/mol. The Morgan fingerprint density at radius 3 is 2.29 bits per heavy atom. The highest BCUT2D eigenvalue weighted by atomic mass is 32.2. The van der Waals surface area contributed by atoms with Crippen molar-refractivity contribution in [1.29, 1.82) is 0 Å². The summed E-state index contributed by atoms with van der Waals surface area (Å²) in [5, 5.41) is 0.916. The van der Waals surface area contributed by atoms with Crippen LogP contribution in [0.4, 0.5) is 0 Å². The lowest BCUT2D eigenvalue weighted by Crippen LogP contribution is -2.51. The van der Waals surface area contributed by atoms with Crippen molar-refractivity contribution in [3.8, 4) is 0 Å². The summed E-state index contributed by atoms with van der Waals surface area (Å²) in [6, 6.07) is 0. The molecule has 0 aromatic rings. The number of thioether (sulfide) groups is 1. The van der Waals surface area contributed by atoms with E-state index in [0.717, 1.165) is 11.2 Å². The van der Waals surface area contributed by atoms with E-state index in [1.54, 1.807) is 0 Å². The van der Waals surface area contributed by atoms with Gasteiger partial charge in [0.2, 0.25) is 0 Å². The summed E-state index contributed by atoms with van der Waals surface area (Å²) in [4.78, 5) is 2.58. The quantitative estimate of drug-likeness (QED) is 0.709. The minimum atomic E-state index is 0.466. The summed E-state index contributed by atoms with van der Waals surface area (Å²) in [5.41, 5.74) is 0.466. The van der Waals surface area contributed by atoms with E-state index in [1.165, 1.54) is 25.4 Å². The van der Waals surface area contributed by atoms with Gasteiger partial charge in [0.25, 0.3) is 0 Å². The van der Waals surface area contributed by atoms with E-state index in [9.17, 15) is 0 Å². The summed E-state index contributed by atoms with van der Waals surface area (Å²) in [6.07, 6.45) is 0. The first-order valence-electron chi connectivity index (χ1n) is 5.71. The maximum atomic E-state index is 2.58. The molecule has 84 valence electrons. The van der Waals surface area contributed by atoms with Gasteiger partial charge in [-0.3, -0.25) is 0 Å². The van der Waals surface area contributed by atoms with Gasteiger partial charge in [-0.25, -0.2) is 0 Å². The molecule has 0 spiro atoms. The van der Waals surface area contributed by atoms with Crippen molar-refractivity contribution < 1.29 is 0 Å². The summed E-state index contributed by atoms with van der Waals surface area (Å²) in [6.45, 7) is 15.5. The molecule has 1 rings (SSSR count). The molecule has 0 aromatic heterocycles. The van der Waals surface area contributed by atoms with E-state index in [0.29, 0.717) is 5.41 Å². The topological polar surface area (TPSA) is 3.24 Å². The van der Waals surface area contributed by atoms with E-state index >= 15 is 0 Å². The van der Waals surface area contributed by atoms with Crippen molar-refractivity contribution in [1.82, 2.24) is 4.90 Å². The van der Waals surface area contributed by atoms with Gasteiger partial charge in [0.1, 0.15) is 0 Å². The van der Waals surface area contributed by atoms with E-state index in [1.807, 2.05) is 0 Å². The first kappa shape index (κ1) is 12.4. The molecule has 1 aliphatic heterocycles. The molecule has 1 heterocycles. The van der Waals surface area contributed by atoms with Crippen LogP contribution in [-0.2, 0) is 0 Å². The zero-order valence-electron chi connectivity index (χ0n) is 10.3. The van der Waals surface area contributed by atoms with E-state index in [2.05, 4.69) is 51.3 Å². The maximum Gasteiger partial charge on any atom is 0.0302 e. The Hall–Kier alpha value is 0.310. The smallest absolute Gasteiger partial charge is 0.0302 e.